The fourth-order valence-electron chi connectivity index (χ4n) is 2.18. The summed E-state index contributed by atoms with van der Waals surface area (Å²) in [6.07, 6.45) is 0. The number of amides is 1. The topological polar surface area (TPSA) is 38.3 Å². The molecule has 0 aliphatic rings. The second-order valence-electron chi connectivity index (χ2n) is 5.58. The van der Waals surface area contributed by atoms with Gasteiger partial charge in [-0.3, -0.25) is 4.79 Å². The highest BCUT2D eigenvalue weighted by Gasteiger charge is 2.17. The summed E-state index contributed by atoms with van der Waals surface area (Å²) in [5.41, 5.74) is 2.28. The van der Waals surface area contributed by atoms with Gasteiger partial charge >= 0.3 is 0 Å². The van der Waals surface area contributed by atoms with Crippen molar-refractivity contribution in [2.75, 3.05) is 7.11 Å². The van der Waals surface area contributed by atoms with E-state index in [2.05, 4.69) is 36.5 Å². The van der Waals surface area contributed by atoms with Gasteiger partial charge in [0, 0.05) is 4.90 Å². The van der Waals surface area contributed by atoms with Crippen molar-refractivity contribution < 1.29 is 9.53 Å². The molecule has 0 unspecified atom stereocenters. The van der Waals surface area contributed by atoms with Gasteiger partial charge in [0.1, 0.15) is 5.75 Å². The van der Waals surface area contributed by atoms with Crippen LogP contribution in [0.4, 0.5) is 0 Å². The maximum absolute atomic E-state index is 12.4. The highest BCUT2D eigenvalue weighted by Crippen LogP contribution is 2.24. The average Bonchev–Trinajstić information content (AvgIpc) is 2.56. The van der Waals surface area contributed by atoms with Gasteiger partial charge in [-0.2, -0.15) is 0 Å². The van der Waals surface area contributed by atoms with E-state index in [1.54, 1.807) is 18.9 Å². The van der Waals surface area contributed by atoms with Crippen LogP contribution in [0.25, 0.3) is 0 Å². The molecule has 2 rings (SSSR count). The number of hydrogen-bond acceptors (Lipinski definition) is 3. The molecule has 0 aliphatic heterocycles. The molecule has 0 saturated carbocycles. The zero-order chi connectivity index (χ0) is 16.8. The Morgan fingerprint density at radius 2 is 1.65 bits per heavy atom. The van der Waals surface area contributed by atoms with E-state index in [4.69, 9.17) is 4.74 Å². The molecule has 0 aromatic heterocycles. The van der Waals surface area contributed by atoms with Crippen molar-refractivity contribution in [3.8, 4) is 5.75 Å². The first-order valence-corrected chi connectivity index (χ1v) is 8.55. The third-order valence-electron chi connectivity index (χ3n) is 3.68. The average molecular weight is 329 g/mol. The van der Waals surface area contributed by atoms with Gasteiger partial charge in [0.15, 0.2) is 0 Å². The third-order valence-corrected chi connectivity index (χ3v) is 4.79. The molecular formula is C19H23NO2S. The Kier molecular flexibility index (Phi) is 6.11. The van der Waals surface area contributed by atoms with Crippen LogP contribution in [0.2, 0.25) is 0 Å². The fourth-order valence-corrected chi connectivity index (χ4v) is 3.06. The van der Waals surface area contributed by atoms with E-state index in [-0.39, 0.29) is 17.2 Å². The van der Waals surface area contributed by atoms with Gasteiger partial charge in [-0.05, 0) is 50.6 Å². The zero-order valence-corrected chi connectivity index (χ0v) is 14.8. The number of hydrogen-bond donors (Lipinski definition) is 1. The Morgan fingerprint density at radius 1 is 1.04 bits per heavy atom. The van der Waals surface area contributed by atoms with Crippen molar-refractivity contribution in [1.29, 1.82) is 0 Å². The van der Waals surface area contributed by atoms with Crippen LogP contribution in [-0.4, -0.2) is 18.3 Å². The maximum Gasteiger partial charge on any atom is 0.233 e. The van der Waals surface area contributed by atoms with Crippen LogP contribution in [0.3, 0.4) is 0 Å². The molecule has 0 saturated heterocycles. The van der Waals surface area contributed by atoms with Crippen molar-refractivity contribution in [3.63, 3.8) is 0 Å². The number of benzene rings is 2. The molecule has 3 nitrogen and oxygen atoms in total. The van der Waals surface area contributed by atoms with E-state index in [0.29, 0.717) is 0 Å². The Bertz CT molecular complexity index is 637. The lowest BCUT2D eigenvalue weighted by atomic mass is 10.1. The van der Waals surface area contributed by atoms with Gasteiger partial charge in [0.05, 0.1) is 18.4 Å². The summed E-state index contributed by atoms with van der Waals surface area (Å²) in [5.74, 6) is 0.856. The molecule has 0 radical (unpaired) electrons. The first-order chi connectivity index (χ1) is 11.0. The molecule has 2 atom stereocenters. The second-order valence-corrected chi connectivity index (χ2v) is 6.99. The molecule has 0 aliphatic carbocycles. The van der Waals surface area contributed by atoms with Gasteiger partial charge in [0.25, 0.3) is 0 Å². The molecular weight excluding hydrogens is 306 g/mol. The van der Waals surface area contributed by atoms with Crippen molar-refractivity contribution in [1.82, 2.24) is 5.32 Å². The third kappa shape index (κ3) is 5.03. The van der Waals surface area contributed by atoms with E-state index >= 15 is 0 Å². The zero-order valence-electron chi connectivity index (χ0n) is 14.0. The lowest BCUT2D eigenvalue weighted by Crippen LogP contribution is -2.33. The van der Waals surface area contributed by atoms with Crippen LogP contribution in [0, 0.1) is 6.92 Å². The van der Waals surface area contributed by atoms with Crippen LogP contribution in [0.5, 0.6) is 5.75 Å². The van der Waals surface area contributed by atoms with Crippen molar-refractivity contribution in [2.24, 2.45) is 0 Å². The van der Waals surface area contributed by atoms with Crippen LogP contribution in [-0.2, 0) is 4.79 Å². The Balaban J connectivity index is 1.92. The molecule has 1 amide bonds. The smallest absolute Gasteiger partial charge is 0.233 e. The Hall–Kier alpha value is -1.94. The summed E-state index contributed by atoms with van der Waals surface area (Å²) in [4.78, 5) is 13.5. The molecule has 23 heavy (non-hydrogen) atoms. The van der Waals surface area contributed by atoms with Crippen LogP contribution in [0.15, 0.2) is 53.4 Å². The van der Waals surface area contributed by atoms with Gasteiger partial charge in [-0.1, -0.05) is 29.8 Å². The molecule has 1 N–H and O–H groups in total. The van der Waals surface area contributed by atoms with E-state index in [9.17, 15) is 4.79 Å². The molecule has 122 valence electrons. The molecule has 2 aromatic rings. The van der Waals surface area contributed by atoms with Crippen LogP contribution in [0.1, 0.15) is 31.0 Å². The minimum absolute atomic E-state index is 0.0329. The van der Waals surface area contributed by atoms with Crippen LogP contribution < -0.4 is 10.1 Å². The highest BCUT2D eigenvalue weighted by atomic mass is 32.2. The number of carbonyl (C=O) groups excluding carboxylic acids is 1. The number of methoxy groups -OCH3 is 1. The predicted octanol–water partition coefficient (Wildman–Crippen LogP) is 4.36. The molecule has 0 heterocycles. The van der Waals surface area contributed by atoms with E-state index in [1.165, 1.54) is 5.56 Å². The summed E-state index contributed by atoms with van der Waals surface area (Å²) in [6.45, 7) is 5.98. The molecule has 0 spiro atoms. The largest absolute Gasteiger partial charge is 0.497 e. The summed E-state index contributed by atoms with van der Waals surface area (Å²) in [5, 5.41) is 2.92. The van der Waals surface area contributed by atoms with E-state index < -0.39 is 0 Å². The normalized spacial score (nSPS) is 13.2. The predicted molar refractivity (Wildman–Crippen MR) is 96.0 cm³/mol. The molecule has 0 fully saturated rings. The molecule has 2 aromatic carbocycles. The second kappa shape index (κ2) is 8.06. The number of aryl methyl sites for hydroxylation is 1. The standard InChI is InChI=1S/C19H23NO2S/c1-13-5-11-18(12-6-13)23-15(3)19(21)20-14(2)16-7-9-17(22-4)10-8-16/h5-12,14-15H,1-4H3,(H,20,21)/t14-,15-/m0/s1. The number of thioether (sulfide) groups is 1. The SMILES string of the molecule is COc1ccc([C@H](C)NC(=O)[C@H](C)Sc2ccc(C)cc2)cc1. The number of rotatable bonds is 6. The highest BCUT2D eigenvalue weighted by molar-refractivity contribution is 8.00. The number of nitrogens with one attached hydrogen (secondary N) is 1. The van der Waals surface area contributed by atoms with Crippen molar-refractivity contribution in [2.45, 2.75) is 37.0 Å². The monoisotopic (exact) mass is 329 g/mol. The number of carbonyl (C=O) groups is 1. The van der Waals surface area contributed by atoms with Gasteiger partial charge < -0.3 is 10.1 Å². The van der Waals surface area contributed by atoms with E-state index in [1.807, 2.05) is 38.1 Å². The van der Waals surface area contributed by atoms with Crippen LogP contribution >= 0.6 is 11.8 Å². The Labute approximate surface area is 142 Å². The minimum atomic E-state index is -0.140. The van der Waals surface area contributed by atoms with Crippen molar-refractivity contribution >= 4 is 17.7 Å². The first-order valence-electron chi connectivity index (χ1n) is 7.67. The van der Waals surface area contributed by atoms with Gasteiger partial charge in [-0.15, -0.1) is 11.8 Å². The first kappa shape index (κ1) is 17.4. The van der Waals surface area contributed by atoms with E-state index in [0.717, 1.165) is 16.2 Å². The maximum atomic E-state index is 12.4. The summed E-state index contributed by atoms with van der Waals surface area (Å²) in [7, 11) is 1.64. The lowest BCUT2D eigenvalue weighted by molar-refractivity contribution is -0.120. The fraction of sp³-hybridized carbons (Fsp3) is 0.316. The Morgan fingerprint density at radius 3 is 2.22 bits per heavy atom. The molecule has 4 heteroatoms. The minimum Gasteiger partial charge on any atom is -0.497 e. The lowest BCUT2D eigenvalue weighted by Gasteiger charge is -2.18. The van der Waals surface area contributed by atoms with Gasteiger partial charge in [0.2, 0.25) is 5.91 Å². The number of ether oxygens (including phenoxy) is 1. The van der Waals surface area contributed by atoms with Crippen molar-refractivity contribution in [3.05, 3.63) is 59.7 Å². The van der Waals surface area contributed by atoms with Gasteiger partial charge in [-0.25, -0.2) is 0 Å². The summed E-state index contributed by atoms with van der Waals surface area (Å²) < 4.78 is 5.15. The summed E-state index contributed by atoms with van der Waals surface area (Å²) in [6, 6.07) is 16.0. The quantitative estimate of drug-likeness (QED) is 0.800. The molecule has 0 bridgehead atoms. The summed E-state index contributed by atoms with van der Waals surface area (Å²) >= 11 is 1.57.